The van der Waals surface area contributed by atoms with Crippen LogP contribution >= 0.6 is 11.3 Å². The van der Waals surface area contributed by atoms with Gasteiger partial charge in [0.15, 0.2) is 0 Å². The van der Waals surface area contributed by atoms with Crippen LogP contribution in [0.25, 0.3) is 23.5 Å². The maximum absolute atomic E-state index is 4.15. The van der Waals surface area contributed by atoms with Gasteiger partial charge in [0.05, 0.1) is 0 Å². The summed E-state index contributed by atoms with van der Waals surface area (Å²) in [5, 5.41) is 0.901. The van der Waals surface area contributed by atoms with Crippen LogP contribution in [0.2, 0.25) is 0 Å². The van der Waals surface area contributed by atoms with E-state index in [9.17, 15) is 0 Å². The summed E-state index contributed by atoms with van der Waals surface area (Å²) in [6, 6.07) is 0. The van der Waals surface area contributed by atoms with E-state index in [1.807, 2.05) is 0 Å². The summed E-state index contributed by atoms with van der Waals surface area (Å²) in [5.41, 5.74) is 0.877. The van der Waals surface area contributed by atoms with Crippen molar-refractivity contribution in [1.82, 2.24) is 9.97 Å². The molecular formula is C8H6N2S. The van der Waals surface area contributed by atoms with Crippen molar-refractivity contribution in [2.75, 3.05) is 0 Å². The maximum Gasteiger partial charge on any atom is 0.142 e. The van der Waals surface area contributed by atoms with Gasteiger partial charge in [-0.25, -0.2) is 4.98 Å². The lowest BCUT2D eigenvalue weighted by molar-refractivity contribution is 1.31. The smallest absolute Gasteiger partial charge is 0.142 e. The standard InChI is InChI=1S/C8H6N2S/c1-5-6(2)11-8-7(5)9-3-4-10-8/h3-4H,1-2H2. The first kappa shape index (κ1) is 6.49. The van der Waals surface area contributed by atoms with Crippen molar-refractivity contribution in [3.63, 3.8) is 0 Å². The van der Waals surface area contributed by atoms with E-state index < -0.39 is 0 Å². The van der Waals surface area contributed by atoms with Gasteiger partial charge in [-0.1, -0.05) is 13.2 Å². The molecular weight excluding hydrogens is 156 g/mol. The van der Waals surface area contributed by atoms with Gasteiger partial charge in [0, 0.05) is 22.1 Å². The summed E-state index contributed by atoms with van der Waals surface area (Å²) in [4.78, 5) is 9.20. The Labute approximate surface area is 67.5 Å². The first-order valence-electron chi connectivity index (χ1n) is 3.16. The Bertz CT molecular complexity index is 486. The lowest BCUT2D eigenvalue weighted by Crippen LogP contribution is -2.14. The van der Waals surface area contributed by atoms with E-state index in [2.05, 4.69) is 23.1 Å². The van der Waals surface area contributed by atoms with Gasteiger partial charge in [0.1, 0.15) is 10.3 Å². The highest BCUT2D eigenvalue weighted by Crippen LogP contribution is 2.03. The fourth-order valence-corrected chi connectivity index (χ4v) is 1.76. The van der Waals surface area contributed by atoms with Gasteiger partial charge in [-0.05, 0) is 0 Å². The molecule has 2 rings (SSSR count). The Kier molecular flexibility index (Phi) is 1.26. The van der Waals surface area contributed by atoms with Gasteiger partial charge in [0.2, 0.25) is 0 Å². The van der Waals surface area contributed by atoms with Crippen molar-refractivity contribution >= 4 is 34.8 Å². The number of nitrogens with zero attached hydrogens (tertiary/aromatic N) is 2. The normalized spacial score (nSPS) is 10.5. The van der Waals surface area contributed by atoms with Crippen molar-refractivity contribution in [1.29, 1.82) is 0 Å². The molecule has 0 spiro atoms. The van der Waals surface area contributed by atoms with Crippen LogP contribution in [0.5, 0.6) is 0 Å². The minimum atomic E-state index is 0.877. The second-order valence-electron chi connectivity index (χ2n) is 2.21. The molecule has 2 aromatic rings. The number of hydrogen-bond donors (Lipinski definition) is 0. The van der Waals surface area contributed by atoms with E-state index in [0.29, 0.717) is 0 Å². The molecule has 0 bridgehead atoms. The molecule has 3 heteroatoms. The van der Waals surface area contributed by atoms with Crippen LogP contribution in [-0.2, 0) is 0 Å². The fraction of sp³-hybridized carbons (Fsp3) is 0. The Balaban J connectivity index is 3.17. The van der Waals surface area contributed by atoms with E-state index in [4.69, 9.17) is 0 Å². The van der Waals surface area contributed by atoms with Crippen molar-refractivity contribution in [2.45, 2.75) is 0 Å². The molecule has 0 amide bonds. The van der Waals surface area contributed by atoms with E-state index in [1.54, 1.807) is 12.4 Å². The molecule has 2 heterocycles. The van der Waals surface area contributed by atoms with Gasteiger partial charge in [0.25, 0.3) is 0 Å². The molecule has 11 heavy (non-hydrogen) atoms. The predicted molar refractivity (Wildman–Crippen MR) is 47.7 cm³/mol. The fourth-order valence-electron chi connectivity index (χ4n) is 0.917. The second kappa shape index (κ2) is 2.13. The third-order valence-corrected chi connectivity index (χ3v) is 2.49. The lowest BCUT2D eigenvalue weighted by atomic mass is 10.4. The van der Waals surface area contributed by atoms with E-state index >= 15 is 0 Å². The zero-order valence-electron chi connectivity index (χ0n) is 5.87. The Morgan fingerprint density at radius 3 is 2.64 bits per heavy atom. The van der Waals surface area contributed by atoms with Crippen molar-refractivity contribution in [2.24, 2.45) is 0 Å². The van der Waals surface area contributed by atoms with Crippen LogP contribution in [0.15, 0.2) is 12.4 Å². The third kappa shape index (κ3) is 0.851. The SMILES string of the molecule is C=c1sc2nccnc2c1=C. The van der Waals surface area contributed by atoms with Crippen LogP contribution in [0.1, 0.15) is 0 Å². The number of fused-ring (bicyclic) bond motifs is 1. The topological polar surface area (TPSA) is 25.8 Å². The number of aromatic nitrogens is 2. The highest BCUT2D eigenvalue weighted by Gasteiger charge is 1.97. The molecule has 0 N–H and O–H groups in total. The summed E-state index contributed by atoms with van der Waals surface area (Å²) < 4.78 is 0.950. The van der Waals surface area contributed by atoms with Gasteiger partial charge in [-0.2, -0.15) is 0 Å². The highest BCUT2D eigenvalue weighted by atomic mass is 32.1. The number of hydrogen-bond acceptors (Lipinski definition) is 3. The molecule has 2 nitrogen and oxygen atoms in total. The summed E-state index contributed by atoms with van der Waals surface area (Å²) in [7, 11) is 0. The predicted octanol–water partition coefficient (Wildman–Crippen LogP) is 0.512. The molecule has 0 aliphatic rings. The van der Waals surface area contributed by atoms with Crippen LogP contribution in [0.3, 0.4) is 0 Å². The first-order chi connectivity index (χ1) is 5.29. The summed E-state index contributed by atoms with van der Waals surface area (Å²) in [5.74, 6) is 0. The summed E-state index contributed by atoms with van der Waals surface area (Å²) >= 11 is 1.53. The third-order valence-electron chi connectivity index (χ3n) is 1.51. The quantitative estimate of drug-likeness (QED) is 0.564. The van der Waals surface area contributed by atoms with Crippen LogP contribution in [0.4, 0.5) is 0 Å². The lowest BCUT2D eigenvalue weighted by Gasteiger charge is -1.82. The number of rotatable bonds is 0. The van der Waals surface area contributed by atoms with E-state index in [-0.39, 0.29) is 0 Å². The molecule has 0 aliphatic carbocycles. The Hall–Kier alpha value is -1.22. The summed E-state index contributed by atoms with van der Waals surface area (Å²) in [6.07, 6.45) is 3.35. The zero-order chi connectivity index (χ0) is 7.84. The van der Waals surface area contributed by atoms with E-state index in [1.165, 1.54) is 11.3 Å². The summed E-state index contributed by atoms with van der Waals surface area (Å²) in [6.45, 7) is 7.69. The molecule has 0 saturated carbocycles. The minimum Gasteiger partial charge on any atom is -0.251 e. The van der Waals surface area contributed by atoms with Gasteiger partial charge < -0.3 is 0 Å². The molecule has 0 saturated heterocycles. The second-order valence-corrected chi connectivity index (χ2v) is 3.30. The maximum atomic E-state index is 4.15. The van der Waals surface area contributed by atoms with Crippen LogP contribution in [-0.4, -0.2) is 9.97 Å². The Morgan fingerprint density at radius 2 is 1.91 bits per heavy atom. The van der Waals surface area contributed by atoms with Crippen LogP contribution in [0, 0.1) is 0 Å². The largest absolute Gasteiger partial charge is 0.251 e. The number of thiophene rings is 1. The average molecular weight is 162 g/mol. The Morgan fingerprint density at radius 1 is 1.18 bits per heavy atom. The molecule has 54 valence electrons. The first-order valence-corrected chi connectivity index (χ1v) is 3.98. The van der Waals surface area contributed by atoms with Crippen molar-refractivity contribution in [3.05, 3.63) is 22.1 Å². The monoisotopic (exact) mass is 162 g/mol. The molecule has 0 aliphatic heterocycles. The molecule has 2 aromatic heterocycles. The van der Waals surface area contributed by atoms with Gasteiger partial charge in [-0.15, -0.1) is 11.3 Å². The van der Waals surface area contributed by atoms with Gasteiger partial charge in [-0.3, -0.25) is 4.98 Å². The van der Waals surface area contributed by atoms with Crippen molar-refractivity contribution < 1.29 is 0 Å². The highest BCUT2D eigenvalue weighted by molar-refractivity contribution is 7.16. The molecule has 0 unspecified atom stereocenters. The average Bonchev–Trinajstić information content (AvgIpc) is 2.30. The van der Waals surface area contributed by atoms with Gasteiger partial charge >= 0.3 is 0 Å². The molecule has 0 aromatic carbocycles. The molecule has 0 fully saturated rings. The molecule has 0 atom stereocenters. The van der Waals surface area contributed by atoms with Crippen LogP contribution < -0.4 is 9.75 Å². The van der Waals surface area contributed by atoms with Crippen molar-refractivity contribution in [3.8, 4) is 0 Å². The van der Waals surface area contributed by atoms with E-state index in [0.717, 1.165) is 20.1 Å². The minimum absolute atomic E-state index is 0.877. The molecule has 0 radical (unpaired) electrons. The zero-order valence-corrected chi connectivity index (χ0v) is 6.69.